The van der Waals surface area contributed by atoms with Gasteiger partial charge in [0.2, 0.25) is 0 Å². The molecule has 0 saturated heterocycles. The first-order valence-electron chi connectivity index (χ1n) is 6.09. The van der Waals surface area contributed by atoms with E-state index in [1.807, 2.05) is 30.3 Å². The number of phenols is 1. The molecule has 3 nitrogen and oxygen atoms in total. The Morgan fingerprint density at radius 1 is 1.20 bits per heavy atom. The number of anilines is 1. The van der Waals surface area contributed by atoms with Gasteiger partial charge >= 0.3 is 0 Å². The number of halogens is 2. The van der Waals surface area contributed by atoms with Gasteiger partial charge in [-0.2, -0.15) is 0 Å². The first kappa shape index (κ1) is 15.4. The molecule has 106 valence electrons. The monoisotopic (exact) mass is 399 g/mol. The fourth-order valence-electron chi connectivity index (χ4n) is 1.90. The van der Waals surface area contributed by atoms with E-state index < -0.39 is 0 Å². The molecule has 0 aliphatic carbocycles. The van der Waals surface area contributed by atoms with Crippen molar-refractivity contribution >= 4 is 37.5 Å². The molecule has 0 amide bonds. The summed E-state index contributed by atoms with van der Waals surface area (Å²) in [6, 6.07) is 11.3. The van der Waals surface area contributed by atoms with Crippen molar-refractivity contribution in [3.8, 4) is 5.75 Å². The zero-order chi connectivity index (χ0) is 14.5. The van der Waals surface area contributed by atoms with Crippen LogP contribution in [0.1, 0.15) is 11.1 Å². The SMILES string of the molecule is COCc1c(Br)cccc1NCc1cc(Br)ccc1O. The van der Waals surface area contributed by atoms with Crippen LogP contribution in [0.4, 0.5) is 5.69 Å². The van der Waals surface area contributed by atoms with Gasteiger partial charge in [-0.3, -0.25) is 0 Å². The lowest BCUT2D eigenvalue weighted by molar-refractivity contribution is 0.185. The molecule has 0 radical (unpaired) electrons. The van der Waals surface area contributed by atoms with Gasteiger partial charge in [-0.05, 0) is 30.3 Å². The third kappa shape index (κ3) is 3.75. The average molecular weight is 401 g/mol. The summed E-state index contributed by atoms with van der Waals surface area (Å²) < 4.78 is 7.16. The fraction of sp³-hybridized carbons (Fsp3) is 0.200. The second-order valence-electron chi connectivity index (χ2n) is 4.33. The molecule has 5 heteroatoms. The average Bonchev–Trinajstić information content (AvgIpc) is 2.43. The number of aromatic hydroxyl groups is 1. The highest BCUT2D eigenvalue weighted by molar-refractivity contribution is 9.10. The van der Waals surface area contributed by atoms with Crippen LogP contribution in [-0.4, -0.2) is 12.2 Å². The summed E-state index contributed by atoms with van der Waals surface area (Å²) in [6.45, 7) is 1.06. The minimum absolute atomic E-state index is 0.281. The molecule has 2 aromatic carbocycles. The summed E-state index contributed by atoms with van der Waals surface area (Å²) in [7, 11) is 1.67. The van der Waals surface area contributed by atoms with Gasteiger partial charge < -0.3 is 15.2 Å². The van der Waals surface area contributed by atoms with E-state index in [-0.39, 0.29) is 5.75 Å². The Morgan fingerprint density at radius 3 is 2.75 bits per heavy atom. The van der Waals surface area contributed by atoms with Crippen molar-refractivity contribution in [3.05, 3.63) is 56.5 Å². The molecule has 20 heavy (non-hydrogen) atoms. The highest BCUT2D eigenvalue weighted by atomic mass is 79.9. The highest BCUT2D eigenvalue weighted by Gasteiger charge is 2.07. The second kappa shape index (κ2) is 7.11. The third-order valence-electron chi connectivity index (χ3n) is 2.92. The number of hydrogen-bond donors (Lipinski definition) is 2. The maximum absolute atomic E-state index is 9.85. The van der Waals surface area contributed by atoms with E-state index in [2.05, 4.69) is 37.2 Å². The lowest BCUT2D eigenvalue weighted by Gasteiger charge is -2.14. The van der Waals surface area contributed by atoms with E-state index in [1.54, 1.807) is 13.2 Å². The largest absolute Gasteiger partial charge is 0.508 e. The van der Waals surface area contributed by atoms with E-state index in [0.29, 0.717) is 13.2 Å². The van der Waals surface area contributed by atoms with Crippen LogP contribution < -0.4 is 5.32 Å². The Bertz CT molecular complexity index is 602. The molecule has 2 aromatic rings. The fourth-order valence-corrected chi connectivity index (χ4v) is 2.79. The van der Waals surface area contributed by atoms with E-state index in [1.165, 1.54) is 0 Å². The predicted molar refractivity (Wildman–Crippen MR) is 88.0 cm³/mol. The van der Waals surface area contributed by atoms with Gasteiger partial charge in [0, 0.05) is 39.4 Å². The van der Waals surface area contributed by atoms with Gasteiger partial charge in [-0.15, -0.1) is 0 Å². The van der Waals surface area contributed by atoms with Gasteiger partial charge in [-0.1, -0.05) is 37.9 Å². The molecule has 0 aliphatic rings. The Morgan fingerprint density at radius 2 is 2.00 bits per heavy atom. The molecule has 0 fully saturated rings. The van der Waals surface area contributed by atoms with Crippen molar-refractivity contribution in [1.29, 1.82) is 0 Å². The van der Waals surface area contributed by atoms with Crippen LogP contribution in [-0.2, 0) is 17.9 Å². The smallest absolute Gasteiger partial charge is 0.120 e. The molecular formula is C15H15Br2NO2. The van der Waals surface area contributed by atoms with E-state index >= 15 is 0 Å². The van der Waals surface area contributed by atoms with Crippen molar-refractivity contribution in [1.82, 2.24) is 0 Å². The highest BCUT2D eigenvalue weighted by Crippen LogP contribution is 2.27. The number of nitrogens with one attached hydrogen (secondary N) is 1. The van der Waals surface area contributed by atoms with Crippen LogP contribution in [0.5, 0.6) is 5.75 Å². The first-order valence-corrected chi connectivity index (χ1v) is 7.68. The van der Waals surface area contributed by atoms with Crippen molar-refractivity contribution in [3.63, 3.8) is 0 Å². The Balaban J connectivity index is 2.18. The second-order valence-corrected chi connectivity index (χ2v) is 6.10. The number of benzene rings is 2. The molecule has 0 saturated carbocycles. The van der Waals surface area contributed by atoms with E-state index in [4.69, 9.17) is 4.74 Å². The first-order chi connectivity index (χ1) is 9.61. The van der Waals surface area contributed by atoms with Gasteiger partial charge in [0.1, 0.15) is 5.75 Å². The molecule has 0 spiro atoms. The van der Waals surface area contributed by atoms with E-state index in [9.17, 15) is 5.11 Å². The van der Waals surface area contributed by atoms with Crippen molar-refractivity contribution in [2.75, 3.05) is 12.4 Å². The number of phenolic OH excluding ortho intramolecular Hbond substituents is 1. The normalized spacial score (nSPS) is 10.6. The van der Waals surface area contributed by atoms with Crippen molar-refractivity contribution < 1.29 is 9.84 Å². The summed E-state index contributed by atoms with van der Waals surface area (Å²) >= 11 is 6.93. The molecule has 0 aromatic heterocycles. The quantitative estimate of drug-likeness (QED) is 0.765. The molecule has 0 heterocycles. The van der Waals surface area contributed by atoms with Gasteiger partial charge in [0.25, 0.3) is 0 Å². The van der Waals surface area contributed by atoms with Crippen LogP contribution in [0.3, 0.4) is 0 Å². The summed E-state index contributed by atoms with van der Waals surface area (Å²) in [6.07, 6.45) is 0. The number of rotatable bonds is 5. The summed E-state index contributed by atoms with van der Waals surface area (Å²) in [5, 5.41) is 13.2. The Kier molecular flexibility index (Phi) is 5.46. The van der Waals surface area contributed by atoms with Crippen LogP contribution in [0.2, 0.25) is 0 Å². The number of ether oxygens (including phenoxy) is 1. The summed E-state index contributed by atoms with van der Waals surface area (Å²) in [4.78, 5) is 0. The summed E-state index contributed by atoms with van der Waals surface area (Å²) in [5.41, 5.74) is 2.88. The van der Waals surface area contributed by atoms with Crippen LogP contribution in [0.15, 0.2) is 45.3 Å². The summed E-state index contributed by atoms with van der Waals surface area (Å²) in [5.74, 6) is 0.281. The lowest BCUT2D eigenvalue weighted by atomic mass is 10.1. The zero-order valence-electron chi connectivity index (χ0n) is 11.0. The number of methoxy groups -OCH3 is 1. The van der Waals surface area contributed by atoms with Gasteiger partial charge in [0.15, 0.2) is 0 Å². The standard InChI is InChI=1S/C15H15Br2NO2/c1-20-9-12-13(17)3-2-4-14(12)18-8-10-7-11(16)5-6-15(10)19/h2-7,18-19H,8-9H2,1H3. The van der Waals surface area contributed by atoms with Gasteiger partial charge in [0.05, 0.1) is 6.61 Å². The van der Waals surface area contributed by atoms with Crippen molar-refractivity contribution in [2.24, 2.45) is 0 Å². The van der Waals surface area contributed by atoms with Gasteiger partial charge in [-0.25, -0.2) is 0 Å². The molecule has 2 N–H and O–H groups in total. The van der Waals surface area contributed by atoms with Crippen molar-refractivity contribution in [2.45, 2.75) is 13.2 Å². The molecule has 2 rings (SSSR count). The minimum Gasteiger partial charge on any atom is -0.508 e. The zero-order valence-corrected chi connectivity index (χ0v) is 14.2. The third-order valence-corrected chi connectivity index (χ3v) is 4.15. The molecule has 0 bridgehead atoms. The molecular weight excluding hydrogens is 386 g/mol. The topological polar surface area (TPSA) is 41.5 Å². The Hall–Kier alpha value is -1.04. The minimum atomic E-state index is 0.281. The lowest BCUT2D eigenvalue weighted by Crippen LogP contribution is -2.04. The van der Waals surface area contributed by atoms with Crippen LogP contribution in [0.25, 0.3) is 0 Å². The molecule has 0 aliphatic heterocycles. The van der Waals surface area contributed by atoms with E-state index in [0.717, 1.165) is 25.8 Å². The molecule has 0 atom stereocenters. The van der Waals surface area contributed by atoms with Crippen LogP contribution >= 0.6 is 31.9 Å². The molecule has 0 unspecified atom stereocenters. The maximum atomic E-state index is 9.85. The number of hydrogen-bond acceptors (Lipinski definition) is 3. The maximum Gasteiger partial charge on any atom is 0.120 e. The Labute approximate surface area is 135 Å². The predicted octanol–water partition coefficient (Wildman–Crippen LogP) is 4.68. The van der Waals surface area contributed by atoms with Crippen LogP contribution in [0, 0.1) is 0 Å².